The smallest absolute Gasteiger partial charge is 0.268 e. The number of rotatable bonds is 10. The summed E-state index contributed by atoms with van der Waals surface area (Å²) >= 11 is 6.28. The van der Waals surface area contributed by atoms with Gasteiger partial charge in [-0.05, 0) is 74.5 Å². The first-order chi connectivity index (χ1) is 17.8. The van der Waals surface area contributed by atoms with Gasteiger partial charge in [0.2, 0.25) is 15.9 Å². The number of aryl methyl sites for hydroxylation is 2. The minimum absolute atomic E-state index is 0.0585. The second-order valence-electron chi connectivity index (χ2n) is 8.22. The lowest BCUT2D eigenvalue weighted by atomic mass is 10.2. The molecule has 3 rings (SSSR count). The van der Waals surface area contributed by atoms with Crippen molar-refractivity contribution in [1.82, 2.24) is 4.72 Å². The number of nitrogens with one attached hydrogen (secondary N) is 2. The molecule has 0 fully saturated rings. The van der Waals surface area contributed by atoms with Gasteiger partial charge in [0.15, 0.2) is 0 Å². The van der Waals surface area contributed by atoms with Crippen molar-refractivity contribution in [3.8, 4) is 11.5 Å². The first-order valence-electron chi connectivity index (χ1n) is 11.2. The standard InChI is InChI=1S/C25H28ClN3O7S2/c1-16-6-10-23(36-5)24(12-16)38(33,34)29(18-8-11-22(35-4)20(26)13-18)15-25(30)28-21-14-19(9-7-17(21)2)37(31,32)27-3/h6-14,27H,15H2,1-5H3,(H,28,30). The van der Waals surface area contributed by atoms with Crippen LogP contribution in [0.1, 0.15) is 11.1 Å². The van der Waals surface area contributed by atoms with E-state index in [1.54, 1.807) is 19.9 Å². The summed E-state index contributed by atoms with van der Waals surface area (Å²) in [7, 11) is -4.07. The highest BCUT2D eigenvalue weighted by Crippen LogP contribution is 2.34. The van der Waals surface area contributed by atoms with E-state index in [-0.39, 0.29) is 31.9 Å². The van der Waals surface area contributed by atoms with Crippen molar-refractivity contribution >= 4 is 48.9 Å². The molecule has 0 aliphatic heterocycles. The number of hydrogen-bond donors (Lipinski definition) is 2. The van der Waals surface area contributed by atoms with Crippen LogP contribution in [-0.4, -0.2) is 50.6 Å². The third-order valence-corrected chi connectivity index (χ3v) is 9.16. The third-order valence-electron chi connectivity index (χ3n) is 5.66. The normalized spacial score (nSPS) is 11.6. The summed E-state index contributed by atoms with van der Waals surface area (Å²) in [6.45, 7) is 2.76. The monoisotopic (exact) mass is 581 g/mol. The highest BCUT2D eigenvalue weighted by molar-refractivity contribution is 7.93. The molecule has 0 saturated carbocycles. The summed E-state index contributed by atoms with van der Waals surface area (Å²) in [5, 5.41) is 2.76. The molecule has 3 aromatic carbocycles. The van der Waals surface area contributed by atoms with Crippen LogP contribution in [0.3, 0.4) is 0 Å². The molecule has 204 valence electrons. The van der Waals surface area contributed by atoms with Crippen molar-refractivity contribution in [2.45, 2.75) is 23.6 Å². The van der Waals surface area contributed by atoms with E-state index in [0.29, 0.717) is 16.9 Å². The van der Waals surface area contributed by atoms with Crippen LogP contribution in [0.2, 0.25) is 5.02 Å². The fourth-order valence-corrected chi connectivity index (χ4v) is 6.23. The van der Waals surface area contributed by atoms with Gasteiger partial charge in [-0.2, -0.15) is 0 Å². The number of sulfonamides is 2. The van der Waals surface area contributed by atoms with Crippen LogP contribution in [0, 0.1) is 13.8 Å². The Balaban J connectivity index is 2.07. The minimum atomic E-state index is -4.35. The van der Waals surface area contributed by atoms with Gasteiger partial charge >= 0.3 is 0 Å². The molecule has 0 heterocycles. The third kappa shape index (κ3) is 6.21. The number of anilines is 2. The molecule has 0 aromatic heterocycles. The molecule has 0 radical (unpaired) electrons. The second-order valence-corrected chi connectivity index (χ2v) is 12.3. The lowest BCUT2D eigenvalue weighted by molar-refractivity contribution is -0.114. The molecule has 0 saturated heterocycles. The van der Waals surface area contributed by atoms with Crippen molar-refractivity contribution in [1.29, 1.82) is 0 Å². The van der Waals surface area contributed by atoms with Crippen LogP contribution in [0.4, 0.5) is 11.4 Å². The Labute approximate surface area is 227 Å². The highest BCUT2D eigenvalue weighted by atomic mass is 35.5. The number of methoxy groups -OCH3 is 2. The molecule has 3 aromatic rings. The topological polar surface area (TPSA) is 131 Å². The van der Waals surface area contributed by atoms with Crippen molar-refractivity contribution in [2.24, 2.45) is 0 Å². The first-order valence-corrected chi connectivity index (χ1v) is 14.5. The maximum atomic E-state index is 13.9. The van der Waals surface area contributed by atoms with E-state index < -0.39 is 32.5 Å². The highest BCUT2D eigenvalue weighted by Gasteiger charge is 2.31. The SMILES string of the molecule is CNS(=O)(=O)c1ccc(C)c(NC(=O)CN(c2ccc(OC)c(Cl)c2)S(=O)(=O)c2cc(C)ccc2OC)c1. The Kier molecular flexibility index (Phi) is 8.93. The molecular formula is C25H28ClN3O7S2. The lowest BCUT2D eigenvalue weighted by Gasteiger charge is -2.26. The average Bonchev–Trinajstić information content (AvgIpc) is 2.88. The Morgan fingerprint density at radius 3 is 2.18 bits per heavy atom. The zero-order valence-electron chi connectivity index (χ0n) is 21.4. The molecule has 0 aliphatic rings. The second kappa shape index (κ2) is 11.6. The van der Waals surface area contributed by atoms with Crippen LogP contribution in [0.15, 0.2) is 64.4 Å². The first kappa shape index (κ1) is 29.2. The van der Waals surface area contributed by atoms with E-state index in [9.17, 15) is 21.6 Å². The van der Waals surface area contributed by atoms with Crippen molar-refractivity contribution in [3.63, 3.8) is 0 Å². The molecule has 0 unspecified atom stereocenters. The van der Waals surface area contributed by atoms with E-state index >= 15 is 0 Å². The molecule has 0 spiro atoms. The maximum absolute atomic E-state index is 13.9. The number of carbonyl (C=O) groups is 1. The Morgan fingerprint density at radius 1 is 0.921 bits per heavy atom. The van der Waals surface area contributed by atoms with Gasteiger partial charge in [-0.15, -0.1) is 0 Å². The number of amides is 1. The van der Waals surface area contributed by atoms with Crippen LogP contribution in [-0.2, 0) is 24.8 Å². The molecule has 0 aliphatic carbocycles. The van der Waals surface area contributed by atoms with E-state index in [0.717, 1.165) is 4.31 Å². The molecule has 0 atom stereocenters. The summed E-state index contributed by atoms with van der Waals surface area (Å²) in [5.41, 5.74) is 1.57. The Hall–Kier alpha value is -3.32. The molecular weight excluding hydrogens is 554 g/mol. The van der Waals surface area contributed by atoms with Gasteiger partial charge in [0.05, 0.1) is 29.8 Å². The van der Waals surface area contributed by atoms with Crippen LogP contribution in [0.25, 0.3) is 0 Å². The summed E-state index contributed by atoms with van der Waals surface area (Å²) in [6.07, 6.45) is 0. The Bertz CT molecular complexity index is 1580. The zero-order valence-corrected chi connectivity index (χ0v) is 23.8. The fourth-order valence-electron chi connectivity index (χ4n) is 3.57. The summed E-state index contributed by atoms with van der Waals surface area (Å²) < 4.78 is 65.9. The lowest BCUT2D eigenvalue weighted by Crippen LogP contribution is -2.38. The van der Waals surface area contributed by atoms with Crippen LogP contribution >= 0.6 is 11.6 Å². The van der Waals surface area contributed by atoms with E-state index in [2.05, 4.69) is 10.0 Å². The predicted octanol–water partition coefficient (Wildman–Crippen LogP) is 3.72. The number of carbonyl (C=O) groups excluding carboxylic acids is 1. The van der Waals surface area contributed by atoms with Crippen molar-refractivity contribution < 1.29 is 31.1 Å². The molecule has 2 N–H and O–H groups in total. The molecule has 38 heavy (non-hydrogen) atoms. The number of ether oxygens (including phenoxy) is 2. The van der Waals surface area contributed by atoms with Crippen molar-refractivity contribution in [3.05, 3.63) is 70.7 Å². The summed E-state index contributed by atoms with van der Waals surface area (Å²) in [4.78, 5) is 13.0. The van der Waals surface area contributed by atoms with Gasteiger partial charge in [-0.3, -0.25) is 9.10 Å². The van der Waals surface area contributed by atoms with Crippen LogP contribution < -0.4 is 23.8 Å². The molecule has 13 heteroatoms. The van der Waals surface area contributed by atoms with E-state index in [1.807, 2.05) is 0 Å². The van der Waals surface area contributed by atoms with Crippen LogP contribution in [0.5, 0.6) is 11.5 Å². The largest absolute Gasteiger partial charge is 0.495 e. The zero-order chi connectivity index (χ0) is 28.3. The van der Waals surface area contributed by atoms with Crippen molar-refractivity contribution in [2.75, 3.05) is 37.4 Å². The number of nitrogens with zero attached hydrogens (tertiary/aromatic N) is 1. The predicted molar refractivity (Wildman–Crippen MR) is 146 cm³/mol. The number of hydrogen-bond acceptors (Lipinski definition) is 7. The van der Waals surface area contributed by atoms with E-state index in [4.69, 9.17) is 21.1 Å². The molecule has 10 nitrogen and oxygen atoms in total. The maximum Gasteiger partial charge on any atom is 0.268 e. The number of halogens is 1. The average molecular weight is 582 g/mol. The van der Waals surface area contributed by atoms with Gasteiger partial charge in [-0.25, -0.2) is 21.6 Å². The van der Waals surface area contributed by atoms with Gasteiger partial charge in [0.25, 0.3) is 10.0 Å². The van der Waals surface area contributed by atoms with E-state index in [1.165, 1.54) is 69.8 Å². The fraction of sp³-hybridized carbons (Fsp3) is 0.240. The van der Waals surface area contributed by atoms with Gasteiger partial charge in [-0.1, -0.05) is 23.7 Å². The van der Waals surface area contributed by atoms with Gasteiger partial charge in [0, 0.05) is 5.69 Å². The summed E-state index contributed by atoms with van der Waals surface area (Å²) in [6, 6.07) is 13.2. The molecule has 1 amide bonds. The molecule has 0 bridgehead atoms. The quantitative estimate of drug-likeness (QED) is 0.373. The Morgan fingerprint density at radius 2 is 1.58 bits per heavy atom. The van der Waals surface area contributed by atoms with Gasteiger partial charge in [0.1, 0.15) is 22.9 Å². The number of benzene rings is 3. The minimum Gasteiger partial charge on any atom is -0.495 e. The van der Waals surface area contributed by atoms with Gasteiger partial charge < -0.3 is 14.8 Å². The summed E-state index contributed by atoms with van der Waals surface area (Å²) in [5.74, 6) is -0.292.